The maximum absolute atomic E-state index is 12.9. The molecule has 31 heavy (non-hydrogen) atoms. The van der Waals surface area contributed by atoms with E-state index in [9.17, 15) is 8.42 Å². The van der Waals surface area contributed by atoms with Crippen LogP contribution in [0, 0.1) is 0 Å². The average molecular weight is 460 g/mol. The van der Waals surface area contributed by atoms with E-state index in [0.717, 1.165) is 29.7 Å². The second-order valence-electron chi connectivity index (χ2n) is 7.91. The van der Waals surface area contributed by atoms with Gasteiger partial charge in [-0.25, -0.2) is 5.01 Å². The van der Waals surface area contributed by atoms with Gasteiger partial charge in [-0.1, -0.05) is 54.1 Å². The molecule has 2 aliphatic rings. The Balaban J connectivity index is 1.74. The Morgan fingerprint density at radius 1 is 1.06 bits per heavy atom. The minimum atomic E-state index is -3.76. The number of nitrogens with zero attached hydrogens (tertiary/aromatic N) is 5. The molecular weight excluding hydrogens is 434 g/mol. The van der Waals surface area contributed by atoms with Crippen LogP contribution in [-0.4, -0.2) is 68.0 Å². The lowest BCUT2D eigenvalue weighted by Gasteiger charge is -2.24. The summed E-state index contributed by atoms with van der Waals surface area (Å²) < 4.78 is 31.4. The van der Waals surface area contributed by atoms with Crippen molar-refractivity contribution in [3.63, 3.8) is 0 Å². The Morgan fingerprint density at radius 3 is 2.32 bits per heavy atom. The zero-order valence-electron chi connectivity index (χ0n) is 17.6. The van der Waals surface area contributed by atoms with Crippen LogP contribution in [0.5, 0.6) is 0 Å². The summed E-state index contributed by atoms with van der Waals surface area (Å²) in [5, 5.41) is 7.17. The normalized spacial score (nSPS) is 20.2. The number of rotatable bonds is 4. The molecule has 1 unspecified atom stereocenters. The number of benzene rings is 2. The molecule has 0 saturated carbocycles. The molecule has 1 atom stereocenters. The molecule has 4 rings (SSSR count). The smallest absolute Gasteiger partial charge is 0.325 e. The third-order valence-corrected chi connectivity index (χ3v) is 7.14. The van der Waals surface area contributed by atoms with E-state index < -0.39 is 10.2 Å². The van der Waals surface area contributed by atoms with Crippen LogP contribution >= 0.6 is 11.6 Å². The van der Waals surface area contributed by atoms with Gasteiger partial charge in [0.05, 0.1) is 12.3 Å². The molecule has 2 aromatic rings. The first-order valence-corrected chi connectivity index (χ1v) is 12.1. The van der Waals surface area contributed by atoms with E-state index in [2.05, 4.69) is 16.5 Å². The number of hydrogen-bond acceptors (Lipinski definition) is 3. The highest BCUT2D eigenvalue weighted by atomic mass is 35.5. The van der Waals surface area contributed by atoms with Gasteiger partial charge >= 0.3 is 10.2 Å². The van der Waals surface area contributed by atoms with E-state index in [1.807, 2.05) is 42.5 Å². The van der Waals surface area contributed by atoms with Gasteiger partial charge in [0.25, 0.3) is 0 Å². The van der Waals surface area contributed by atoms with Crippen LogP contribution in [0.25, 0.3) is 0 Å². The maximum Gasteiger partial charge on any atom is 0.325 e. The van der Waals surface area contributed by atoms with Crippen molar-refractivity contribution in [2.24, 2.45) is 9.50 Å². The molecule has 1 fully saturated rings. The van der Waals surface area contributed by atoms with E-state index in [0.29, 0.717) is 30.6 Å². The number of hydrogen-bond donors (Lipinski definition) is 0. The molecule has 7 nitrogen and oxygen atoms in total. The van der Waals surface area contributed by atoms with Gasteiger partial charge in [-0.15, -0.1) is 4.40 Å². The molecule has 0 amide bonds. The molecule has 2 aliphatic heterocycles. The van der Waals surface area contributed by atoms with Crippen molar-refractivity contribution in [1.82, 2.24) is 14.2 Å². The summed E-state index contributed by atoms with van der Waals surface area (Å²) in [6.07, 6.45) is 1.73. The number of halogens is 1. The average Bonchev–Trinajstić information content (AvgIpc) is 3.44. The molecule has 2 heterocycles. The van der Waals surface area contributed by atoms with Crippen molar-refractivity contribution in [3.8, 4) is 0 Å². The quantitative estimate of drug-likeness (QED) is 0.519. The van der Waals surface area contributed by atoms with Crippen molar-refractivity contribution in [2.45, 2.75) is 18.8 Å². The Hall–Kier alpha value is -2.42. The van der Waals surface area contributed by atoms with E-state index >= 15 is 0 Å². The summed E-state index contributed by atoms with van der Waals surface area (Å²) in [7, 11) is -0.193. The van der Waals surface area contributed by atoms with E-state index in [-0.39, 0.29) is 5.92 Å². The minimum Gasteiger partial charge on any atom is -0.347 e. The topological polar surface area (TPSA) is 68.6 Å². The van der Waals surface area contributed by atoms with Gasteiger partial charge in [0.2, 0.25) is 5.96 Å². The largest absolute Gasteiger partial charge is 0.347 e. The van der Waals surface area contributed by atoms with Crippen LogP contribution in [0.1, 0.15) is 29.9 Å². The molecule has 0 radical (unpaired) electrons. The van der Waals surface area contributed by atoms with Crippen molar-refractivity contribution in [1.29, 1.82) is 0 Å². The maximum atomic E-state index is 12.9. The van der Waals surface area contributed by atoms with Gasteiger partial charge in [0, 0.05) is 38.1 Å². The first-order valence-electron chi connectivity index (χ1n) is 10.3. The van der Waals surface area contributed by atoms with Crippen molar-refractivity contribution in [2.75, 3.05) is 33.7 Å². The zero-order chi connectivity index (χ0) is 22.0. The minimum absolute atomic E-state index is 0.0259. The Labute approximate surface area is 188 Å². The van der Waals surface area contributed by atoms with Gasteiger partial charge in [0.1, 0.15) is 0 Å². The molecule has 0 aromatic heterocycles. The summed E-state index contributed by atoms with van der Waals surface area (Å²) in [4.78, 5) is 1.70. The van der Waals surface area contributed by atoms with Crippen LogP contribution in [0.2, 0.25) is 5.02 Å². The SMILES string of the molecule is CN(C)/C(=N\S(=O)(=O)N1CCCC1)N1CC(c2ccccc2)C(c2ccc(Cl)cc2)=N1. The summed E-state index contributed by atoms with van der Waals surface area (Å²) in [5.41, 5.74) is 2.91. The molecule has 2 aromatic carbocycles. The highest BCUT2D eigenvalue weighted by Gasteiger charge is 2.34. The lowest BCUT2D eigenvalue weighted by molar-refractivity contribution is 0.402. The van der Waals surface area contributed by atoms with Crippen LogP contribution in [0.3, 0.4) is 0 Å². The number of hydrazone groups is 1. The van der Waals surface area contributed by atoms with Gasteiger partial charge < -0.3 is 4.90 Å². The Morgan fingerprint density at radius 2 is 1.71 bits per heavy atom. The fourth-order valence-electron chi connectivity index (χ4n) is 3.89. The highest BCUT2D eigenvalue weighted by Crippen LogP contribution is 2.30. The van der Waals surface area contributed by atoms with Crippen LogP contribution in [0.15, 0.2) is 64.1 Å². The third-order valence-electron chi connectivity index (χ3n) is 5.48. The fourth-order valence-corrected chi connectivity index (χ4v) is 5.32. The first kappa shape index (κ1) is 21.8. The molecule has 0 bridgehead atoms. The Kier molecular flexibility index (Phi) is 6.31. The van der Waals surface area contributed by atoms with Gasteiger partial charge in [0.15, 0.2) is 0 Å². The predicted molar refractivity (Wildman–Crippen MR) is 125 cm³/mol. The second kappa shape index (κ2) is 8.98. The lowest BCUT2D eigenvalue weighted by Crippen LogP contribution is -2.39. The Bertz CT molecular complexity index is 1080. The van der Waals surface area contributed by atoms with Crippen LogP contribution in [-0.2, 0) is 10.2 Å². The monoisotopic (exact) mass is 459 g/mol. The van der Waals surface area contributed by atoms with Crippen LogP contribution < -0.4 is 0 Å². The van der Waals surface area contributed by atoms with E-state index in [1.54, 1.807) is 24.0 Å². The third kappa shape index (κ3) is 4.76. The van der Waals surface area contributed by atoms with Crippen LogP contribution in [0.4, 0.5) is 0 Å². The van der Waals surface area contributed by atoms with Gasteiger partial charge in [-0.3, -0.25) is 0 Å². The fraction of sp³-hybridized carbons (Fsp3) is 0.364. The summed E-state index contributed by atoms with van der Waals surface area (Å²) in [6.45, 7) is 1.52. The molecule has 0 N–H and O–H groups in total. The lowest BCUT2D eigenvalue weighted by atomic mass is 9.91. The summed E-state index contributed by atoms with van der Waals surface area (Å²) >= 11 is 6.08. The van der Waals surface area contributed by atoms with E-state index in [1.165, 1.54) is 4.31 Å². The van der Waals surface area contributed by atoms with Gasteiger partial charge in [-0.2, -0.15) is 17.8 Å². The second-order valence-corrected chi connectivity index (χ2v) is 9.94. The molecule has 164 valence electrons. The summed E-state index contributed by atoms with van der Waals surface area (Å²) in [5.74, 6) is 0.277. The van der Waals surface area contributed by atoms with Crippen molar-refractivity contribution >= 4 is 33.5 Å². The zero-order valence-corrected chi connectivity index (χ0v) is 19.2. The molecule has 9 heteroatoms. The van der Waals surface area contributed by atoms with Gasteiger partial charge in [-0.05, 0) is 36.1 Å². The van der Waals surface area contributed by atoms with Crippen molar-refractivity contribution in [3.05, 3.63) is 70.7 Å². The number of guanidine groups is 1. The molecule has 0 aliphatic carbocycles. The molecule has 0 spiro atoms. The summed E-state index contributed by atoms with van der Waals surface area (Å²) in [6, 6.07) is 17.6. The van der Waals surface area contributed by atoms with Crippen molar-refractivity contribution < 1.29 is 8.42 Å². The highest BCUT2D eigenvalue weighted by molar-refractivity contribution is 7.87. The standard InChI is InChI=1S/C22H26ClN5O2S/c1-26(2)22(25-31(29,30)27-14-6-7-15-27)28-16-20(17-8-4-3-5-9-17)21(24-28)18-10-12-19(23)13-11-18/h3-5,8-13,20H,6-7,14-16H2,1-2H3/b25-22+. The molecular formula is C22H26ClN5O2S. The molecule has 1 saturated heterocycles. The van der Waals surface area contributed by atoms with E-state index in [4.69, 9.17) is 16.7 Å². The predicted octanol–water partition coefficient (Wildman–Crippen LogP) is 3.40. The first-order chi connectivity index (χ1) is 14.8.